The zero-order chi connectivity index (χ0) is 21.1. The van der Waals surface area contributed by atoms with Crippen molar-refractivity contribution in [2.75, 3.05) is 12.4 Å². The fourth-order valence-electron chi connectivity index (χ4n) is 2.54. The van der Waals surface area contributed by atoms with Crippen molar-refractivity contribution in [2.24, 2.45) is 0 Å². The summed E-state index contributed by atoms with van der Waals surface area (Å²) in [5.41, 5.74) is 0.504. The summed E-state index contributed by atoms with van der Waals surface area (Å²) in [5, 5.41) is 22.6. The van der Waals surface area contributed by atoms with E-state index in [1.165, 1.54) is 14.0 Å². The van der Waals surface area contributed by atoms with Gasteiger partial charge in [-0.3, -0.25) is 19.6 Å². The van der Waals surface area contributed by atoms with E-state index in [-0.39, 0.29) is 22.4 Å². The number of nitrogens with one attached hydrogen (secondary N) is 1. The summed E-state index contributed by atoms with van der Waals surface area (Å²) in [6.07, 6.45) is 2.69. The largest absolute Gasteiger partial charge is 0.475 e. The quantitative estimate of drug-likeness (QED) is 0.445. The lowest BCUT2D eigenvalue weighted by molar-refractivity contribution is -0.385. The molecule has 0 aliphatic carbocycles. The first-order chi connectivity index (χ1) is 13.8. The number of ether oxygens (including phenoxy) is 1. The first kappa shape index (κ1) is 20.6. The SMILES string of the molecule is COc1nn(C(C)C(=O)Nc2nn(Cc3ccccc3Cl)cc2Cl)cc1[N+](=O)[O-]. The molecule has 0 radical (unpaired) electrons. The van der Waals surface area contributed by atoms with Crippen molar-refractivity contribution < 1.29 is 14.5 Å². The van der Waals surface area contributed by atoms with E-state index < -0.39 is 16.9 Å². The lowest BCUT2D eigenvalue weighted by Crippen LogP contribution is -2.24. The standard InChI is InChI=1S/C17H16Cl2N6O4/c1-10(24-9-14(25(27)28)17(22-24)29-2)16(26)20-15-13(19)8-23(21-15)7-11-5-3-4-6-12(11)18/h3-6,8-10H,7H2,1-2H3,(H,20,21,26). The molecule has 0 saturated heterocycles. The Hall–Kier alpha value is -3.11. The first-order valence-corrected chi connectivity index (χ1v) is 9.10. The van der Waals surface area contributed by atoms with Crippen LogP contribution in [0, 0.1) is 10.1 Å². The van der Waals surface area contributed by atoms with E-state index in [2.05, 4.69) is 15.5 Å². The summed E-state index contributed by atoms with van der Waals surface area (Å²) in [6, 6.07) is 6.43. The zero-order valence-electron chi connectivity index (χ0n) is 15.4. The maximum Gasteiger partial charge on any atom is 0.350 e. The molecule has 29 heavy (non-hydrogen) atoms. The molecule has 12 heteroatoms. The van der Waals surface area contributed by atoms with Crippen molar-refractivity contribution in [2.45, 2.75) is 19.5 Å². The second-order valence-electron chi connectivity index (χ2n) is 6.04. The third kappa shape index (κ3) is 4.49. The Morgan fingerprint density at radius 3 is 2.62 bits per heavy atom. The van der Waals surface area contributed by atoms with Crippen molar-refractivity contribution in [3.63, 3.8) is 0 Å². The summed E-state index contributed by atoms with van der Waals surface area (Å²) in [6.45, 7) is 1.90. The lowest BCUT2D eigenvalue weighted by Gasteiger charge is -2.11. The Morgan fingerprint density at radius 2 is 2.00 bits per heavy atom. The van der Waals surface area contributed by atoms with Crippen LogP contribution in [0.2, 0.25) is 10.0 Å². The molecular formula is C17H16Cl2N6O4. The van der Waals surface area contributed by atoms with E-state index in [9.17, 15) is 14.9 Å². The normalized spacial score (nSPS) is 11.9. The fraction of sp³-hybridized carbons (Fsp3) is 0.235. The maximum atomic E-state index is 12.6. The average Bonchev–Trinajstić information content (AvgIpc) is 3.26. The van der Waals surface area contributed by atoms with Crippen LogP contribution >= 0.6 is 23.2 Å². The highest BCUT2D eigenvalue weighted by atomic mass is 35.5. The third-order valence-electron chi connectivity index (χ3n) is 4.10. The predicted molar refractivity (Wildman–Crippen MR) is 107 cm³/mol. The molecule has 0 bridgehead atoms. The maximum absolute atomic E-state index is 12.6. The van der Waals surface area contributed by atoms with E-state index in [4.69, 9.17) is 27.9 Å². The van der Waals surface area contributed by atoms with Crippen molar-refractivity contribution in [3.05, 3.63) is 62.4 Å². The van der Waals surface area contributed by atoms with Crippen LogP contribution in [0.3, 0.4) is 0 Å². The molecule has 0 saturated carbocycles. The molecule has 3 aromatic rings. The fourth-order valence-corrected chi connectivity index (χ4v) is 2.93. The van der Waals surface area contributed by atoms with Crippen LogP contribution in [0.25, 0.3) is 0 Å². The van der Waals surface area contributed by atoms with Crippen LogP contribution in [-0.2, 0) is 11.3 Å². The van der Waals surface area contributed by atoms with E-state index in [0.717, 1.165) is 16.4 Å². The Balaban J connectivity index is 1.74. The molecule has 0 aliphatic rings. The molecule has 2 heterocycles. The molecule has 1 amide bonds. The summed E-state index contributed by atoms with van der Waals surface area (Å²) in [7, 11) is 1.26. The molecule has 0 aliphatic heterocycles. The number of carbonyl (C=O) groups is 1. The molecule has 1 unspecified atom stereocenters. The van der Waals surface area contributed by atoms with Gasteiger partial charge >= 0.3 is 11.6 Å². The van der Waals surface area contributed by atoms with Crippen molar-refractivity contribution in [3.8, 4) is 5.88 Å². The second kappa shape index (κ2) is 8.50. The number of nitro groups is 1. The van der Waals surface area contributed by atoms with Gasteiger partial charge in [-0.25, -0.2) is 4.68 Å². The summed E-state index contributed by atoms with van der Waals surface area (Å²) < 4.78 is 7.56. The zero-order valence-corrected chi connectivity index (χ0v) is 16.9. The minimum absolute atomic E-state index is 0.157. The van der Waals surface area contributed by atoms with Gasteiger partial charge in [0, 0.05) is 11.2 Å². The van der Waals surface area contributed by atoms with Crippen LogP contribution in [0.15, 0.2) is 36.7 Å². The average molecular weight is 439 g/mol. The van der Waals surface area contributed by atoms with Crippen LogP contribution in [0.4, 0.5) is 11.5 Å². The predicted octanol–water partition coefficient (Wildman–Crippen LogP) is 3.55. The smallest absolute Gasteiger partial charge is 0.350 e. The molecule has 2 aromatic heterocycles. The van der Waals surface area contributed by atoms with Gasteiger partial charge in [0.25, 0.3) is 0 Å². The number of aromatic nitrogens is 4. The Kier molecular flexibility index (Phi) is 6.04. The first-order valence-electron chi connectivity index (χ1n) is 8.35. The third-order valence-corrected chi connectivity index (χ3v) is 4.74. The molecular weight excluding hydrogens is 423 g/mol. The summed E-state index contributed by atoms with van der Waals surface area (Å²) in [4.78, 5) is 22.9. The van der Waals surface area contributed by atoms with Gasteiger partial charge in [-0.15, -0.1) is 5.10 Å². The number of hydrogen-bond acceptors (Lipinski definition) is 6. The molecule has 1 aromatic carbocycles. The number of nitrogens with zero attached hydrogens (tertiary/aromatic N) is 5. The minimum atomic E-state index is -0.873. The Labute approximate surface area is 175 Å². The molecule has 10 nitrogen and oxygen atoms in total. The number of amides is 1. The second-order valence-corrected chi connectivity index (χ2v) is 6.85. The molecule has 0 spiro atoms. The molecule has 3 rings (SSSR count). The van der Waals surface area contributed by atoms with Crippen LogP contribution in [0.5, 0.6) is 5.88 Å². The molecule has 0 fully saturated rings. The van der Waals surface area contributed by atoms with Crippen molar-refractivity contribution in [1.82, 2.24) is 19.6 Å². The number of carbonyl (C=O) groups excluding carboxylic acids is 1. The molecule has 1 N–H and O–H groups in total. The van der Waals surface area contributed by atoms with E-state index in [1.807, 2.05) is 18.2 Å². The lowest BCUT2D eigenvalue weighted by atomic mass is 10.2. The van der Waals surface area contributed by atoms with Crippen molar-refractivity contribution in [1.29, 1.82) is 0 Å². The molecule has 1 atom stereocenters. The summed E-state index contributed by atoms with van der Waals surface area (Å²) >= 11 is 12.3. The van der Waals surface area contributed by atoms with Crippen LogP contribution in [0.1, 0.15) is 18.5 Å². The monoisotopic (exact) mass is 438 g/mol. The number of anilines is 1. The topological polar surface area (TPSA) is 117 Å². The van der Waals surface area contributed by atoms with E-state index >= 15 is 0 Å². The number of rotatable bonds is 7. The van der Waals surface area contributed by atoms with Crippen molar-refractivity contribution >= 4 is 40.6 Å². The minimum Gasteiger partial charge on any atom is -0.475 e. The highest BCUT2D eigenvalue weighted by molar-refractivity contribution is 6.33. The highest BCUT2D eigenvalue weighted by Crippen LogP contribution is 2.27. The summed E-state index contributed by atoms with van der Waals surface area (Å²) in [5.74, 6) is -0.532. The van der Waals surface area contributed by atoms with Gasteiger partial charge in [0.15, 0.2) is 5.82 Å². The number of benzene rings is 1. The van der Waals surface area contributed by atoms with Gasteiger partial charge < -0.3 is 10.1 Å². The van der Waals surface area contributed by atoms with Gasteiger partial charge in [0.2, 0.25) is 5.91 Å². The van der Waals surface area contributed by atoms with E-state index in [1.54, 1.807) is 16.9 Å². The number of methoxy groups -OCH3 is 1. The van der Waals surface area contributed by atoms with Crippen LogP contribution in [-0.4, -0.2) is 37.5 Å². The Bertz CT molecular complexity index is 1060. The van der Waals surface area contributed by atoms with Gasteiger partial charge in [0.1, 0.15) is 17.3 Å². The van der Waals surface area contributed by atoms with Gasteiger partial charge in [-0.05, 0) is 18.6 Å². The van der Waals surface area contributed by atoms with Gasteiger partial charge in [0.05, 0.1) is 18.6 Å². The molecule has 152 valence electrons. The van der Waals surface area contributed by atoms with Gasteiger partial charge in [-0.2, -0.15) is 5.10 Å². The number of hydrogen-bond donors (Lipinski definition) is 1. The highest BCUT2D eigenvalue weighted by Gasteiger charge is 2.26. The Morgan fingerprint density at radius 1 is 1.28 bits per heavy atom. The van der Waals surface area contributed by atoms with Gasteiger partial charge in [-0.1, -0.05) is 41.4 Å². The van der Waals surface area contributed by atoms with E-state index in [0.29, 0.717) is 11.6 Å². The van der Waals surface area contributed by atoms with Crippen LogP contribution < -0.4 is 10.1 Å². The number of halogens is 2.